The Morgan fingerprint density at radius 1 is 1.05 bits per heavy atom. The second kappa shape index (κ2) is 8.58. The molecule has 0 bridgehead atoms. The van der Waals surface area contributed by atoms with Crippen molar-refractivity contribution < 1.29 is 4.74 Å². The molecular weight excluding hydrogens is 232 g/mol. The zero-order valence-electron chi connectivity index (χ0n) is 12.7. The van der Waals surface area contributed by atoms with E-state index in [1.807, 2.05) is 12.1 Å². The minimum absolute atomic E-state index is 0.658. The van der Waals surface area contributed by atoms with Gasteiger partial charge in [-0.05, 0) is 58.2 Å². The third-order valence-corrected chi connectivity index (χ3v) is 3.29. The Morgan fingerprint density at radius 3 is 2.37 bits per heavy atom. The summed E-state index contributed by atoms with van der Waals surface area (Å²) in [5.74, 6) is 0.941. The van der Waals surface area contributed by atoms with Crippen LogP contribution < -0.4 is 4.74 Å². The summed E-state index contributed by atoms with van der Waals surface area (Å²) in [7, 11) is 0. The predicted molar refractivity (Wildman–Crippen MR) is 83.7 cm³/mol. The zero-order chi connectivity index (χ0) is 14.1. The first-order valence-corrected chi connectivity index (χ1v) is 7.12. The lowest BCUT2D eigenvalue weighted by Gasteiger charge is -2.05. The minimum atomic E-state index is 0.658. The molecule has 0 aromatic heterocycles. The number of hydrogen-bond acceptors (Lipinski definition) is 1. The molecule has 1 rings (SSSR count). The fraction of sp³-hybridized carbons (Fsp3) is 0.444. The molecule has 0 aliphatic rings. The van der Waals surface area contributed by atoms with Crippen molar-refractivity contribution in [2.45, 2.75) is 47.0 Å². The molecule has 0 N–H and O–H groups in total. The van der Waals surface area contributed by atoms with E-state index in [1.54, 1.807) is 0 Å². The average molecular weight is 258 g/mol. The van der Waals surface area contributed by atoms with Gasteiger partial charge in [0.25, 0.3) is 0 Å². The summed E-state index contributed by atoms with van der Waals surface area (Å²) in [4.78, 5) is 0. The number of rotatable bonds is 7. The van der Waals surface area contributed by atoms with Crippen molar-refractivity contribution in [1.29, 1.82) is 0 Å². The van der Waals surface area contributed by atoms with Crippen LogP contribution in [0.1, 0.15) is 45.6 Å². The molecule has 1 nitrogen and oxygen atoms in total. The molecule has 0 aliphatic heterocycles. The molecule has 0 aliphatic carbocycles. The summed E-state index contributed by atoms with van der Waals surface area (Å²) in [5.41, 5.74) is 4.13. The molecule has 0 heterocycles. The zero-order valence-corrected chi connectivity index (χ0v) is 12.7. The highest BCUT2D eigenvalue weighted by molar-refractivity contribution is 5.26. The lowest BCUT2D eigenvalue weighted by Crippen LogP contribution is -1.94. The van der Waals surface area contributed by atoms with Crippen molar-refractivity contribution in [2.24, 2.45) is 0 Å². The molecule has 0 saturated heterocycles. The van der Waals surface area contributed by atoms with Gasteiger partial charge in [0.1, 0.15) is 12.4 Å². The molecule has 104 valence electrons. The maximum Gasteiger partial charge on any atom is 0.119 e. The summed E-state index contributed by atoms with van der Waals surface area (Å²) in [6, 6.07) is 8.19. The van der Waals surface area contributed by atoms with Crippen molar-refractivity contribution in [3.8, 4) is 5.75 Å². The second-order valence-corrected chi connectivity index (χ2v) is 5.12. The van der Waals surface area contributed by atoms with Gasteiger partial charge >= 0.3 is 0 Å². The van der Waals surface area contributed by atoms with Crippen LogP contribution in [-0.2, 0) is 0 Å². The van der Waals surface area contributed by atoms with Gasteiger partial charge in [0.05, 0.1) is 0 Å². The fourth-order valence-corrected chi connectivity index (χ4v) is 1.71. The first kappa shape index (κ1) is 15.6. The Kier molecular flexibility index (Phi) is 7.02. The van der Waals surface area contributed by atoms with Crippen molar-refractivity contribution in [3.05, 3.63) is 53.1 Å². The van der Waals surface area contributed by atoms with Gasteiger partial charge in [0.15, 0.2) is 0 Å². The van der Waals surface area contributed by atoms with Crippen LogP contribution in [0, 0.1) is 6.92 Å². The lowest BCUT2D eigenvalue weighted by molar-refractivity contribution is 0.361. The van der Waals surface area contributed by atoms with Crippen molar-refractivity contribution in [2.75, 3.05) is 6.61 Å². The predicted octanol–water partition coefficient (Wildman–Crippen LogP) is 5.46. The first-order valence-electron chi connectivity index (χ1n) is 7.12. The van der Waals surface area contributed by atoms with Gasteiger partial charge in [-0.25, -0.2) is 0 Å². The van der Waals surface area contributed by atoms with Gasteiger partial charge in [-0.1, -0.05) is 41.8 Å². The quantitative estimate of drug-likeness (QED) is 0.590. The van der Waals surface area contributed by atoms with Gasteiger partial charge in [0, 0.05) is 0 Å². The Balaban J connectivity index is 2.30. The Bertz CT molecular complexity index is 424. The molecule has 0 spiro atoms. The molecule has 19 heavy (non-hydrogen) atoms. The molecule has 0 amide bonds. The number of aryl methyl sites for hydroxylation is 1. The highest BCUT2D eigenvalue weighted by Crippen LogP contribution is 2.12. The SMILES string of the molecule is CCC(C)=CCCC(C)=CCOc1ccc(C)cc1. The lowest BCUT2D eigenvalue weighted by atomic mass is 10.1. The van der Waals surface area contributed by atoms with E-state index >= 15 is 0 Å². The van der Waals surface area contributed by atoms with Crippen molar-refractivity contribution in [3.63, 3.8) is 0 Å². The van der Waals surface area contributed by atoms with Gasteiger partial charge in [0.2, 0.25) is 0 Å². The highest BCUT2D eigenvalue weighted by atomic mass is 16.5. The molecule has 0 atom stereocenters. The summed E-state index contributed by atoms with van der Waals surface area (Å²) in [6.45, 7) is 9.31. The van der Waals surface area contributed by atoms with E-state index < -0.39 is 0 Å². The van der Waals surface area contributed by atoms with Crippen LogP contribution in [0.15, 0.2) is 47.6 Å². The van der Waals surface area contributed by atoms with E-state index in [-0.39, 0.29) is 0 Å². The number of ether oxygens (including phenoxy) is 1. The maximum atomic E-state index is 5.69. The Labute approximate surface area is 118 Å². The molecule has 1 aromatic rings. The normalized spacial score (nSPS) is 12.6. The molecule has 0 radical (unpaired) electrons. The first-order chi connectivity index (χ1) is 9.11. The molecular formula is C18H26O. The van der Waals surface area contributed by atoms with Gasteiger partial charge < -0.3 is 4.74 Å². The maximum absolute atomic E-state index is 5.69. The second-order valence-electron chi connectivity index (χ2n) is 5.12. The van der Waals surface area contributed by atoms with Crippen LogP contribution in [0.3, 0.4) is 0 Å². The Hall–Kier alpha value is -1.50. The third-order valence-electron chi connectivity index (χ3n) is 3.29. The van der Waals surface area contributed by atoms with E-state index in [2.05, 4.69) is 52.0 Å². The standard InChI is InChI=1S/C18H26O/c1-5-15(2)7-6-8-16(3)13-14-19-18-11-9-17(4)10-12-18/h7,9-13H,5-6,8,14H2,1-4H3. The van der Waals surface area contributed by atoms with E-state index in [9.17, 15) is 0 Å². The molecule has 0 unspecified atom stereocenters. The van der Waals surface area contributed by atoms with Crippen LogP contribution in [0.25, 0.3) is 0 Å². The van der Waals surface area contributed by atoms with Crippen molar-refractivity contribution >= 4 is 0 Å². The summed E-state index contributed by atoms with van der Waals surface area (Å²) in [6.07, 6.45) is 7.91. The van der Waals surface area contributed by atoms with Crippen LogP contribution in [-0.4, -0.2) is 6.61 Å². The van der Waals surface area contributed by atoms with Crippen molar-refractivity contribution in [1.82, 2.24) is 0 Å². The number of hydrogen-bond donors (Lipinski definition) is 0. The smallest absolute Gasteiger partial charge is 0.119 e. The van der Waals surface area contributed by atoms with E-state index in [0.29, 0.717) is 6.61 Å². The van der Waals surface area contributed by atoms with Crippen LogP contribution in [0.2, 0.25) is 0 Å². The topological polar surface area (TPSA) is 9.23 Å². The third kappa shape index (κ3) is 6.85. The largest absolute Gasteiger partial charge is 0.490 e. The fourth-order valence-electron chi connectivity index (χ4n) is 1.71. The van der Waals surface area contributed by atoms with E-state index in [4.69, 9.17) is 4.74 Å². The highest BCUT2D eigenvalue weighted by Gasteiger charge is 1.93. The molecule has 1 heteroatoms. The van der Waals surface area contributed by atoms with Crippen LogP contribution >= 0.6 is 0 Å². The summed E-state index contributed by atoms with van der Waals surface area (Å²) in [5, 5.41) is 0. The molecule has 0 saturated carbocycles. The average Bonchev–Trinajstić information content (AvgIpc) is 2.41. The van der Waals surface area contributed by atoms with Gasteiger partial charge in [-0.3, -0.25) is 0 Å². The van der Waals surface area contributed by atoms with Crippen LogP contribution in [0.4, 0.5) is 0 Å². The van der Waals surface area contributed by atoms with Crippen LogP contribution in [0.5, 0.6) is 5.75 Å². The van der Waals surface area contributed by atoms with E-state index in [0.717, 1.165) is 25.0 Å². The summed E-state index contributed by atoms with van der Waals surface area (Å²) < 4.78 is 5.69. The number of benzene rings is 1. The number of allylic oxidation sites excluding steroid dienone is 3. The molecule has 0 fully saturated rings. The Morgan fingerprint density at radius 2 is 1.74 bits per heavy atom. The summed E-state index contributed by atoms with van der Waals surface area (Å²) >= 11 is 0. The molecule has 1 aromatic carbocycles. The minimum Gasteiger partial charge on any atom is -0.490 e. The van der Waals surface area contributed by atoms with Gasteiger partial charge in [-0.2, -0.15) is 0 Å². The van der Waals surface area contributed by atoms with E-state index in [1.165, 1.54) is 16.7 Å². The van der Waals surface area contributed by atoms with Gasteiger partial charge in [-0.15, -0.1) is 0 Å². The monoisotopic (exact) mass is 258 g/mol.